The Kier molecular flexibility index (Phi) is 11.0. The molecule has 7 heterocycles. The lowest BCUT2D eigenvalue weighted by Gasteiger charge is -2.30. The number of aryl methyl sites for hydroxylation is 1. The highest BCUT2D eigenvalue weighted by molar-refractivity contribution is 7.11. The van der Waals surface area contributed by atoms with Gasteiger partial charge in [-0.25, -0.2) is 24.5 Å². The number of nitrogens with zero attached hydrogens (tertiary/aromatic N) is 6. The van der Waals surface area contributed by atoms with Gasteiger partial charge in [0.1, 0.15) is 29.0 Å². The standard InChI is InChI=1S/C49H57N9O6S/c1-26(2)41(55-47(60)62-7)45(59)56-17-9-13-35(56)42-51-24-33(54-42)30-19-27(3)40-37-21-31-20-29(32-23-50-43(53-32)36-14-10-18-57(36)48(61)64-49(4,5)6)15-16-34(31)58(37)46(63-38(40)22-30)39-25-52-44(65-39)28-11-8-12-28/h15-16,19-26,28,35-36,41,46H,8-14,17-18H2,1-7H3,(H,50,53)(H,51,54)(H,55,60). The molecule has 3 fully saturated rings. The van der Waals surface area contributed by atoms with Gasteiger partial charge in [-0.3, -0.25) is 14.3 Å². The number of hydrogen-bond donors (Lipinski definition) is 3. The number of aromatic nitrogens is 6. The van der Waals surface area contributed by atoms with E-state index in [1.807, 2.05) is 58.1 Å². The van der Waals surface area contributed by atoms with Crippen molar-refractivity contribution in [3.8, 4) is 39.5 Å². The van der Waals surface area contributed by atoms with Gasteiger partial charge in [0.2, 0.25) is 12.1 Å². The van der Waals surface area contributed by atoms with Crippen molar-refractivity contribution < 1.29 is 28.6 Å². The number of amides is 3. The molecule has 0 radical (unpaired) electrons. The Labute approximate surface area is 382 Å². The second-order valence-corrected chi connectivity index (χ2v) is 20.4. The average molecular weight is 900 g/mol. The van der Waals surface area contributed by atoms with Gasteiger partial charge >= 0.3 is 12.2 Å². The normalized spacial score (nSPS) is 20.1. The molecule has 6 aromatic rings. The number of likely N-dealkylation sites (tertiary alicyclic amines) is 2. The van der Waals surface area contributed by atoms with Crippen molar-refractivity contribution in [1.82, 2.24) is 44.6 Å². The highest BCUT2D eigenvalue weighted by Crippen LogP contribution is 2.49. The van der Waals surface area contributed by atoms with Crippen molar-refractivity contribution in [2.45, 2.75) is 122 Å². The molecule has 4 unspecified atom stereocenters. The maximum absolute atomic E-state index is 13.9. The van der Waals surface area contributed by atoms with Crippen molar-refractivity contribution >= 4 is 40.3 Å². The van der Waals surface area contributed by atoms with Gasteiger partial charge in [0.15, 0.2) is 0 Å². The third-order valence-corrected chi connectivity index (χ3v) is 14.5. The van der Waals surface area contributed by atoms with Gasteiger partial charge in [0.05, 0.1) is 64.1 Å². The average Bonchev–Trinajstić information content (AvgIpc) is 4.10. The third kappa shape index (κ3) is 7.93. The maximum Gasteiger partial charge on any atom is 0.410 e. The second kappa shape index (κ2) is 16.7. The first-order valence-corrected chi connectivity index (χ1v) is 23.7. The number of hydrogen-bond acceptors (Lipinski definition) is 10. The molecule has 0 bridgehead atoms. The minimum atomic E-state index is -0.713. The first-order valence-electron chi connectivity index (χ1n) is 22.9. The molecule has 65 heavy (non-hydrogen) atoms. The molecule has 3 amide bonds. The summed E-state index contributed by atoms with van der Waals surface area (Å²) in [5.74, 6) is 2.46. The zero-order valence-electron chi connectivity index (χ0n) is 38.1. The number of imidazole rings is 2. The molecule has 4 atom stereocenters. The van der Waals surface area contributed by atoms with Crippen LogP contribution in [-0.2, 0) is 14.3 Å². The number of fused-ring (bicyclic) bond motifs is 5. The van der Waals surface area contributed by atoms with Gasteiger partial charge in [0, 0.05) is 47.3 Å². The van der Waals surface area contributed by atoms with Crippen LogP contribution in [0.15, 0.2) is 55.0 Å². The number of rotatable bonds is 9. The summed E-state index contributed by atoms with van der Waals surface area (Å²) >= 11 is 1.74. The zero-order valence-corrected chi connectivity index (χ0v) is 38.9. The number of carbonyl (C=O) groups is 3. The fourth-order valence-corrected chi connectivity index (χ4v) is 11.0. The summed E-state index contributed by atoms with van der Waals surface area (Å²) in [5, 5.41) is 4.96. The molecule has 10 rings (SSSR count). The van der Waals surface area contributed by atoms with Crippen LogP contribution >= 0.6 is 11.3 Å². The van der Waals surface area contributed by atoms with Crippen LogP contribution in [0, 0.1) is 12.8 Å². The Bertz CT molecular complexity index is 2790. The van der Waals surface area contributed by atoms with Crippen LogP contribution in [0.4, 0.5) is 9.59 Å². The molecule has 4 aromatic heterocycles. The molecule has 3 aliphatic heterocycles. The minimum absolute atomic E-state index is 0.126. The van der Waals surface area contributed by atoms with Crippen LogP contribution in [0.25, 0.3) is 44.7 Å². The lowest BCUT2D eigenvalue weighted by atomic mass is 9.86. The van der Waals surface area contributed by atoms with Crippen LogP contribution in [0.1, 0.15) is 131 Å². The monoisotopic (exact) mass is 899 g/mol. The van der Waals surface area contributed by atoms with E-state index in [1.54, 1.807) is 16.2 Å². The quantitative estimate of drug-likeness (QED) is 0.128. The summed E-state index contributed by atoms with van der Waals surface area (Å²) in [5.41, 5.74) is 7.21. The van der Waals surface area contributed by atoms with Crippen molar-refractivity contribution in [3.05, 3.63) is 82.1 Å². The van der Waals surface area contributed by atoms with Crippen LogP contribution in [0.2, 0.25) is 0 Å². The van der Waals surface area contributed by atoms with Gasteiger partial charge in [-0.2, -0.15) is 0 Å². The Hall–Kier alpha value is -6.16. The summed E-state index contributed by atoms with van der Waals surface area (Å²) < 4.78 is 20.0. The summed E-state index contributed by atoms with van der Waals surface area (Å²) in [6.45, 7) is 12.8. The number of carbonyl (C=O) groups excluding carboxylic acids is 3. The molecule has 4 aliphatic rings. The van der Waals surface area contributed by atoms with E-state index in [9.17, 15) is 14.4 Å². The molecule has 1 saturated carbocycles. The van der Waals surface area contributed by atoms with Crippen LogP contribution in [-0.4, -0.2) is 89.2 Å². The SMILES string of the molecule is COC(=O)NC(C(=O)N1CCCC1c1ncc(-c2cc(C)c3c(c2)OC(c2cnc(C4CCC4)s2)n2c-3cc3cc(-c4cnc(C5CCCN5C(=O)OC(C)(C)C)[nH]4)ccc32)[nH]1)C(C)C. The molecular formula is C49H57N9O6S. The highest BCUT2D eigenvalue weighted by atomic mass is 32.1. The largest absolute Gasteiger partial charge is 0.464 e. The second-order valence-electron chi connectivity index (χ2n) is 19.3. The van der Waals surface area contributed by atoms with Gasteiger partial charge in [-0.1, -0.05) is 26.3 Å². The Morgan fingerprint density at radius 3 is 2.22 bits per heavy atom. The molecule has 340 valence electrons. The number of aromatic amines is 2. The fraction of sp³-hybridized carbons (Fsp3) is 0.469. The summed E-state index contributed by atoms with van der Waals surface area (Å²) in [6, 6.07) is 11.8. The Morgan fingerprint density at radius 1 is 0.862 bits per heavy atom. The van der Waals surface area contributed by atoms with Gasteiger partial charge < -0.3 is 34.4 Å². The number of nitrogens with one attached hydrogen (secondary N) is 3. The lowest BCUT2D eigenvalue weighted by Crippen LogP contribution is -2.51. The van der Waals surface area contributed by atoms with Gasteiger partial charge in [-0.15, -0.1) is 11.3 Å². The smallest absolute Gasteiger partial charge is 0.410 e. The van der Waals surface area contributed by atoms with E-state index >= 15 is 0 Å². The van der Waals surface area contributed by atoms with Crippen molar-refractivity contribution in [2.75, 3.05) is 20.2 Å². The predicted octanol–water partition coefficient (Wildman–Crippen LogP) is 10.2. The Morgan fingerprint density at radius 2 is 1.55 bits per heavy atom. The molecule has 15 nitrogen and oxygen atoms in total. The first-order chi connectivity index (χ1) is 31.2. The summed E-state index contributed by atoms with van der Waals surface area (Å²) in [4.78, 5) is 65.4. The molecule has 2 aromatic carbocycles. The Balaban J connectivity index is 0.980. The van der Waals surface area contributed by atoms with Crippen LogP contribution in [0.5, 0.6) is 5.75 Å². The first kappa shape index (κ1) is 42.8. The number of H-pyrrole nitrogens is 2. The van der Waals surface area contributed by atoms with Crippen LogP contribution in [0.3, 0.4) is 0 Å². The van der Waals surface area contributed by atoms with E-state index in [2.05, 4.69) is 63.2 Å². The van der Waals surface area contributed by atoms with E-state index in [0.717, 1.165) is 92.4 Å². The van der Waals surface area contributed by atoms with E-state index in [-0.39, 0.29) is 30.0 Å². The van der Waals surface area contributed by atoms with Crippen LogP contribution < -0.4 is 10.1 Å². The van der Waals surface area contributed by atoms with Gasteiger partial charge in [-0.05, 0) is 108 Å². The van der Waals surface area contributed by atoms with E-state index in [1.165, 1.54) is 31.4 Å². The topological polar surface area (TPSA) is 173 Å². The molecular weight excluding hydrogens is 843 g/mol. The third-order valence-electron chi connectivity index (χ3n) is 13.4. The predicted molar refractivity (Wildman–Crippen MR) is 248 cm³/mol. The molecule has 16 heteroatoms. The molecule has 2 saturated heterocycles. The highest BCUT2D eigenvalue weighted by Gasteiger charge is 2.39. The zero-order chi connectivity index (χ0) is 45.3. The van der Waals surface area contributed by atoms with Crippen molar-refractivity contribution in [1.29, 1.82) is 0 Å². The number of ether oxygens (including phenoxy) is 3. The van der Waals surface area contributed by atoms with E-state index in [0.29, 0.717) is 24.8 Å². The molecule has 1 aliphatic carbocycles. The number of thiazole rings is 1. The number of methoxy groups -OCH3 is 1. The lowest BCUT2D eigenvalue weighted by molar-refractivity contribution is -0.135. The van der Waals surface area contributed by atoms with Crippen molar-refractivity contribution in [2.24, 2.45) is 5.92 Å². The van der Waals surface area contributed by atoms with Gasteiger partial charge in [0.25, 0.3) is 0 Å². The maximum atomic E-state index is 13.9. The van der Waals surface area contributed by atoms with E-state index < -0.39 is 24.0 Å². The molecule has 3 N–H and O–H groups in total. The minimum Gasteiger partial charge on any atom is -0.464 e. The fourth-order valence-electron chi connectivity index (χ4n) is 9.89. The molecule has 0 spiro atoms. The van der Waals surface area contributed by atoms with Crippen molar-refractivity contribution in [3.63, 3.8) is 0 Å². The number of alkyl carbamates (subject to hydrolysis) is 1. The summed E-state index contributed by atoms with van der Waals surface area (Å²) in [6.07, 6.45) is 11.2. The van der Waals surface area contributed by atoms with E-state index in [4.69, 9.17) is 29.2 Å². The number of benzene rings is 2. The summed E-state index contributed by atoms with van der Waals surface area (Å²) in [7, 11) is 1.30.